The Hall–Kier alpha value is -2.51. The number of likely N-dealkylation sites (tertiary alicyclic amines) is 1. The number of urea groups is 1. The lowest BCUT2D eigenvalue weighted by Crippen LogP contribution is -2.70. The van der Waals surface area contributed by atoms with E-state index in [9.17, 15) is 9.59 Å². The lowest BCUT2D eigenvalue weighted by atomic mass is 9.93. The molecule has 8 nitrogen and oxygen atoms in total. The van der Waals surface area contributed by atoms with Gasteiger partial charge in [-0.1, -0.05) is 0 Å². The molecule has 0 saturated carbocycles. The van der Waals surface area contributed by atoms with Crippen molar-refractivity contribution in [1.29, 1.82) is 0 Å². The number of anilines is 1. The van der Waals surface area contributed by atoms with Gasteiger partial charge in [-0.2, -0.15) is 0 Å². The predicted octanol–water partition coefficient (Wildman–Crippen LogP) is 1.05. The molecule has 1 aromatic rings. The summed E-state index contributed by atoms with van der Waals surface area (Å²) in [6, 6.07) is 2.92. The Labute approximate surface area is 122 Å². The first kappa shape index (κ1) is 14.9. The van der Waals surface area contributed by atoms with Crippen LogP contribution in [0.3, 0.4) is 0 Å². The van der Waals surface area contributed by atoms with Crippen molar-refractivity contribution >= 4 is 17.8 Å². The normalized spacial score (nSPS) is 15.7. The van der Waals surface area contributed by atoms with Gasteiger partial charge in [0.15, 0.2) is 0 Å². The largest absolute Gasteiger partial charge is 0.481 e. The molecule has 114 valence electrons. The number of nitrogens with one attached hydrogen (secondary N) is 2. The summed E-state index contributed by atoms with van der Waals surface area (Å²) in [7, 11) is 2.83. The number of ether oxygens (including phenoxy) is 2. The highest BCUT2D eigenvalue weighted by Gasteiger charge is 2.43. The van der Waals surface area contributed by atoms with Crippen LogP contribution in [0.1, 0.15) is 6.92 Å². The fourth-order valence-corrected chi connectivity index (χ4v) is 2.17. The predicted molar refractivity (Wildman–Crippen MR) is 75.3 cm³/mol. The second-order valence-corrected chi connectivity index (χ2v) is 5.05. The highest BCUT2D eigenvalue weighted by Crippen LogP contribution is 2.21. The van der Waals surface area contributed by atoms with Crippen LogP contribution in [0, 0.1) is 0 Å². The van der Waals surface area contributed by atoms with Crippen LogP contribution in [0.25, 0.3) is 0 Å². The Kier molecular flexibility index (Phi) is 4.15. The van der Waals surface area contributed by atoms with Gasteiger partial charge in [-0.15, -0.1) is 0 Å². The van der Waals surface area contributed by atoms with E-state index in [0.29, 0.717) is 24.7 Å². The maximum Gasteiger partial charge on any atom is 0.409 e. The molecule has 1 aromatic heterocycles. The third-order valence-electron chi connectivity index (χ3n) is 3.13. The van der Waals surface area contributed by atoms with E-state index < -0.39 is 11.6 Å². The van der Waals surface area contributed by atoms with Crippen molar-refractivity contribution < 1.29 is 19.1 Å². The molecule has 0 aliphatic carbocycles. The molecule has 2 rings (SSSR count). The van der Waals surface area contributed by atoms with Crippen LogP contribution in [0.4, 0.5) is 15.3 Å². The molecule has 1 aliphatic rings. The molecule has 1 aliphatic heterocycles. The van der Waals surface area contributed by atoms with Gasteiger partial charge in [0.05, 0.1) is 19.8 Å². The first-order valence-corrected chi connectivity index (χ1v) is 6.38. The van der Waals surface area contributed by atoms with E-state index in [2.05, 4.69) is 20.4 Å². The minimum atomic E-state index is -0.463. The third kappa shape index (κ3) is 3.53. The number of carbonyl (C=O) groups excluding carboxylic acids is 2. The number of rotatable bonds is 3. The molecule has 2 N–H and O–H groups in total. The minimum absolute atomic E-state index is 0.352. The number of nitrogens with zero attached hydrogens (tertiary/aromatic N) is 2. The quantitative estimate of drug-likeness (QED) is 0.869. The molecule has 0 radical (unpaired) electrons. The monoisotopic (exact) mass is 294 g/mol. The van der Waals surface area contributed by atoms with Gasteiger partial charge in [0.2, 0.25) is 5.88 Å². The van der Waals surface area contributed by atoms with Crippen molar-refractivity contribution in [1.82, 2.24) is 15.2 Å². The van der Waals surface area contributed by atoms with Gasteiger partial charge in [0.25, 0.3) is 0 Å². The van der Waals surface area contributed by atoms with Gasteiger partial charge in [0, 0.05) is 31.0 Å². The van der Waals surface area contributed by atoms with Crippen LogP contribution < -0.4 is 15.4 Å². The van der Waals surface area contributed by atoms with E-state index in [1.54, 1.807) is 18.3 Å². The van der Waals surface area contributed by atoms with Crippen LogP contribution >= 0.6 is 0 Å². The van der Waals surface area contributed by atoms with Crippen LogP contribution in [0.5, 0.6) is 5.88 Å². The lowest BCUT2D eigenvalue weighted by Gasteiger charge is -2.47. The number of aromatic nitrogens is 1. The summed E-state index contributed by atoms with van der Waals surface area (Å²) in [5.74, 6) is 0.416. The van der Waals surface area contributed by atoms with Crippen LogP contribution in [0.15, 0.2) is 18.3 Å². The molecular formula is C13H18N4O4. The Bertz CT molecular complexity index is 543. The maximum absolute atomic E-state index is 11.9. The molecule has 8 heteroatoms. The highest BCUT2D eigenvalue weighted by molar-refractivity contribution is 5.90. The van der Waals surface area contributed by atoms with Gasteiger partial charge in [-0.3, -0.25) is 0 Å². The zero-order valence-corrected chi connectivity index (χ0v) is 12.2. The van der Waals surface area contributed by atoms with E-state index >= 15 is 0 Å². The lowest BCUT2D eigenvalue weighted by molar-refractivity contribution is 0.0476. The van der Waals surface area contributed by atoms with Crippen molar-refractivity contribution in [3.8, 4) is 5.88 Å². The summed E-state index contributed by atoms with van der Waals surface area (Å²) in [6.07, 6.45) is 1.15. The van der Waals surface area contributed by atoms with Crippen molar-refractivity contribution in [2.45, 2.75) is 12.5 Å². The Balaban J connectivity index is 1.86. The Morgan fingerprint density at radius 3 is 2.71 bits per heavy atom. The Morgan fingerprint density at radius 1 is 1.38 bits per heavy atom. The first-order chi connectivity index (χ1) is 9.95. The average molecular weight is 294 g/mol. The molecular weight excluding hydrogens is 276 g/mol. The Morgan fingerprint density at radius 2 is 2.10 bits per heavy atom. The summed E-state index contributed by atoms with van der Waals surface area (Å²) in [4.78, 5) is 28.7. The van der Waals surface area contributed by atoms with Crippen molar-refractivity contribution in [3.63, 3.8) is 0 Å². The smallest absolute Gasteiger partial charge is 0.409 e. The van der Waals surface area contributed by atoms with Gasteiger partial charge >= 0.3 is 12.1 Å². The molecule has 0 aromatic carbocycles. The van der Waals surface area contributed by atoms with E-state index in [0.717, 1.165) is 0 Å². The summed E-state index contributed by atoms with van der Waals surface area (Å²) >= 11 is 0. The van der Waals surface area contributed by atoms with Gasteiger partial charge in [0.1, 0.15) is 0 Å². The molecule has 1 saturated heterocycles. The van der Waals surface area contributed by atoms with Gasteiger partial charge in [-0.25, -0.2) is 14.6 Å². The molecule has 0 atom stereocenters. The van der Waals surface area contributed by atoms with E-state index in [-0.39, 0.29) is 6.03 Å². The minimum Gasteiger partial charge on any atom is -0.481 e. The third-order valence-corrected chi connectivity index (χ3v) is 3.13. The summed E-state index contributed by atoms with van der Waals surface area (Å²) in [6.45, 7) is 2.68. The second kappa shape index (κ2) is 5.86. The van der Waals surface area contributed by atoms with E-state index in [1.165, 1.54) is 19.1 Å². The maximum atomic E-state index is 11.9. The standard InChI is InChI=1S/C13H18N4O4/c1-13(7-17(8-13)12(19)21-3)16-11(18)15-9-4-5-14-10(6-9)20-2/h4-6H,7-8H2,1-3H3,(H2,14,15,16,18). The van der Waals surface area contributed by atoms with Crippen LogP contribution in [-0.2, 0) is 4.74 Å². The summed E-state index contributed by atoms with van der Waals surface area (Å²) in [5.41, 5.74) is 0.113. The number of pyridine rings is 1. The molecule has 0 unspecified atom stereocenters. The fraction of sp³-hybridized carbons (Fsp3) is 0.462. The second-order valence-electron chi connectivity index (χ2n) is 5.05. The zero-order valence-electron chi connectivity index (χ0n) is 12.2. The van der Waals surface area contributed by atoms with Crippen LogP contribution in [0.2, 0.25) is 0 Å². The van der Waals surface area contributed by atoms with Crippen molar-refractivity contribution in [2.24, 2.45) is 0 Å². The average Bonchev–Trinajstić information content (AvgIpc) is 2.43. The van der Waals surface area contributed by atoms with E-state index in [4.69, 9.17) is 4.74 Å². The molecule has 0 bridgehead atoms. The van der Waals surface area contributed by atoms with Gasteiger partial charge < -0.3 is 25.0 Å². The SMILES string of the molecule is COC(=O)N1CC(C)(NC(=O)Nc2ccnc(OC)c2)C1. The topological polar surface area (TPSA) is 92.8 Å². The molecule has 2 heterocycles. The molecule has 0 spiro atoms. The van der Waals surface area contributed by atoms with E-state index in [1.807, 2.05) is 6.92 Å². The molecule has 1 fully saturated rings. The van der Waals surface area contributed by atoms with Gasteiger partial charge in [-0.05, 0) is 13.0 Å². The number of carbonyl (C=O) groups is 2. The number of amides is 3. The molecule has 21 heavy (non-hydrogen) atoms. The fourth-order valence-electron chi connectivity index (χ4n) is 2.17. The number of hydrogen-bond acceptors (Lipinski definition) is 5. The van der Waals surface area contributed by atoms with Crippen LogP contribution in [-0.4, -0.2) is 54.9 Å². The summed E-state index contributed by atoms with van der Waals surface area (Å²) in [5, 5.41) is 5.52. The van der Waals surface area contributed by atoms with Crippen molar-refractivity contribution in [2.75, 3.05) is 32.6 Å². The number of hydrogen-bond donors (Lipinski definition) is 2. The summed E-state index contributed by atoms with van der Waals surface area (Å²) < 4.78 is 9.59. The molecule has 3 amide bonds. The number of methoxy groups -OCH3 is 2. The van der Waals surface area contributed by atoms with Crippen molar-refractivity contribution in [3.05, 3.63) is 18.3 Å². The highest BCUT2D eigenvalue weighted by atomic mass is 16.5. The first-order valence-electron chi connectivity index (χ1n) is 6.38. The zero-order chi connectivity index (χ0) is 15.5.